The highest BCUT2D eigenvalue weighted by Crippen LogP contribution is 2.45. The molecule has 0 saturated carbocycles. The Hall–Kier alpha value is -3.74. The predicted octanol–water partition coefficient (Wildman–Crippen LogP) is 4.82. The van der Waals surface area contributed by atoms with Gasteiger partial charge >= 0.3 is 11.9 Å². The number of carbonyl (C=O) groups excluding carboxylic acids is 2. The lowest BCUT2D eigenvalue weighted by Crippen LogP contribution is -2.29. The average molecular weight is 466 g/mol. The fourth-order valence-electron chi connectivity index (χ4n) is 3.88. The quantitative estimate of drug-likeness (QED) is 0.518. The monoisotopic (exact) mass is 465 g/mol. The van der Waals surface area contributed by atoms with E-state index in [1.807, 2.05) is 45.0 Å². The minimum Gasteiger partial charge on any atom is -0.493 e. The Bertz CT molecular complexity index is 1100. The summed E-state index contributed by atoms with van der Waals surface area (Å²) < 4.78 is 21.8. The van der Waals surface area contributed by atoms with Gasteiger partial charge in [-0.25, -0.2) is 9.59 Å². The summed E-state index contributed by atoms with van der Waals surface area (Å²) in [6.07, 6.45) is 4.16. The van der Waals surface area contributed by atoms with E-state index in [1.165, 1.54) is 14.2 Å². The summed E-state index contributed by atoms with van der Waals surface area (Å²) in [5, 5.41) is 0. The number of anilines is 1. The van der Waals surface area contributed by atoms with Gasteiger partial charge in [-0.15, -0.1) is 0 Å². The van der Waals surface area contributed by atoms with E-state index in [2.05, 4.69) is 0 Å². The predicted molar refractivity (Wildman–Crippen MR) is 130 cm³/mol. The van der Waals surface area contributed by atoms with Crippen LogP contribution in [-0.2, 0) is 19.1 Å². The molecule has 1 heterocycles. The van der Waals surface area contributed by atoms with Gasteiger partial charge in [0.2, 0.25) is 0 Å². The van der Waals surface area contributed by atoms with Gasteiger partial charge in [-0.2, -0.15) is 0 Å². The minimum absolute atomic E-state index is 0.276. The summed E-state index contributed by atoms with van der Waals surface area (Å²) in [6.45, 7) is 6.48. The minimum atomic E-state index is -0.773. The van der Waals surface area contributed by atoms with Crippen LogP contribution in [0.1, 0.15) is 36.0 Å². The Morgan fingerprint density at radius 3 is 2.09 bits per heavy atom. The molecule has 0 atom stereocenters. The number of ether oxygens (including phenoxy) is 4. The first-order chi connectivity index (χ1) is 16.4. The lowest BCUT2D eigenvalue weighted by Gasteiger charge is -2.31. The first-order valence-electron chi connectivity index (χ1n) is 11.1. The Labute approximate surface area is 200 Å². The molecule has 7 heteroatoms. The van der Waals surface area contributed by atoms with Crippen molar-refractivity contribution in [2.24, 2.45) is 0 Å². The maximum absolute atomic E-state index is 13.0. The normalized spacial score (nSPS) is 13.6. The second kappa shape index (κ2) is 10.9. The molecule has 0 bridgehead atoms. The molecule has 0 spiro atoms. The molecule has 0 amide bonds. The molecule has 3 rings (SSSR count). The topological polar surface area (TPSA) is 74.3 Å². The fraction of sp³-hybridized carbons (Fsp3) is 0.333. The SMILES string of the molecule is CCCOc1c(OC)cccc1C1C(C(=O)OC)=CN(c2ccc(C)c(C)c2)C=C1C(=O)OC. The number of hydrogen-bond donors (Lipinski definition) is 0. The average Bonchev–Trinajstić information content (AvgIpc) is 2.87. The van der Waals surface area contributed by atoms with Crippen LogP contribution in [0.25, 0.3) is 0 Å². The van der Waals surface area contributed by atoms with Gasteiger partial charge < -0.3 is 23.8 Å². The number of esters is 2. The summed E-state index contributed by atoms with van der Waals surface area (Å²) in [6, 6.07) is 11.3. The second-order valence-corrected chi connectivity index (χ2v) is 7.99. The molecule has 0 saturated heterocycles. The van der Waals surface area contributed by atoms with Crippen LogP contribution in [0, 0.1) is 13.8 Å². The van der Waals surface area contributed by atoms with Crippen LogP contribution >= 0.6 is 0 Å². The van der Waals surface area contributed by atoms with E-state index in [4.69, 9.17) is 18.9 Å². The molecular weight excluding hydrogens is 434 g/mol. The summed E-state index contributed by atoms with van der Waals surface area (Å²) in [5.74, 6) is -0.906. The van der Waals surface area contributed by atoms with Crippen molar-refractivity contribution < 1.29 is 28.5 Å². The highest BCUT2D eigenvalue weighted by molar-refractivity contribution is 6.00. The summed E-state index contributed by atoms with van der Waals surface area (Å²) in [5.41, 5.74) is 4.19. The zero-order valence-electron chi connectivity index (χ0n) is 20.5. The van der Waals surface area contributed by atoms with Crippen LogP contribution in [0.4, 0.5) is 5.69 Å². The highest BCUT2D eigenvalue weighted by atomic mass is 16.5. The molecule has 0 aromatic heterocycles. The third kappa shape index (κ3) is 4.93. The Morgan fingerprint density at radius 2 is 1.56 bits per heavy atom. The molecule has 2 aromatic rings. The van der Waals surface area contributed by atoms with Crippen LogP contribution in [-0.4, -0.2) is 39.9 Å². The van der Waals surface area contributed by atoms with E-state index in [-0.39, 0.29) is 11.1 Å². The zero-order chi connectivity index (χ0) is 24.8. The van der Waals surface area contributed by atoms with Gasteiger partial charge in [0.25, 0.3) is 0 Å². The van der Waals surface area contributed by atoms with Crippen molar-refractivity contribution in [1.82, 2.24) is 0 Å². The number of methoxy groups -OCH3 is 3. The summed E-state index contributed by atoms with van der Waals surface area (Å²) in [4.78, 5) is 27.8. The highest BCUT2D eigenvalue weighted by Gasteiger charge is 2.38. The summed E-state index contributed by atoms with van der Waals surface area (Å²) >= 11 is 0. The fourth-order valence-corrected chi connectivity index (χ4v) is 3.88. The molecule has 0 radical (unpaired) electrons. The van der Waals surface area contributed by atoms with Crippen molar-refractivity contribution in [1.29, 1.82) is 0 Å². The molecule has 0 fully saturated rings. The molecule has 2 aromatic carbocycles. The van der Waals surface area contributed by atoms with Gasteiger partial charge in [-0.05, 0) is 49.6 Å². The van der Waals surface area contributed by atoms with Gasteiger partial charge in [0, 0.05) is 23.7 Å². The van der Waals surface area contributed by atoms with E-state index in [9.17, 15) is 9.59 Å². The Kier molecular flexibility index (Phi) is 7.99. The number of rotatable bonds is 8. The first-order valence-corrected chi connectivity index (χ1v) is 11.1. The van der Waals surface area contributed by atoms with Crippen LogP contribution < -0.4 is 14.4 Å². The third-order valence-electron chi connectivity index (χ3n) is 5.80. The third-order valence-corrected chi connectivity index (χ3v) is 5.80. The van der Waals surface area contributed by atoms with E-state index < -0.39 is 17.9 Å². The molecule has 1 aliphatic heterocycles. The van der Waals surface area contributed by atoms with Gasteiger partial charge in [-0.3, -0.25) is 0 Å². The number of para-hydroxylation sites is 1. The van der Waals surface area contributed by atoms with Crippen molar-refractivity contribution in [3.05, 3.63) is 76.6 Å². The van der Waals surface area contributed by atoms with Gasteiger partial charge in [0.15, 0.2) is 11.5 Å². The molecule has 0 aliphatic carbocycles. The van der Waals surface area contributed by atoms with Crippen molar-refractivity contribution in [2.75, 3.05) is 32.8 Å². The van der Waals surface area contributed by atoms with E-state index in [1.54, 1.807) is 36.5 Å². The number of nitrogens with zero attached hydrogens (tertiary/aromatic N) is 1. The number of hydrogen-bond acceptors (Lipinski definition) is 7. The molecule has 0 N–H and O–H groups in total. The van der Waals surface area contributed by atoms with Crippen molar-refractivity contribution >= 4 is 17.6 Å². The van der Waals surface area contributed by atoms with Crippen LogP contribution in [0.5, 0.6) is 11.5 Å². The van der Waals surface area contributed by atoms with E-state index >= 15 is 0 Å². The molecular formula is C27H31NO6. The number of carbonyl (C=O) groups is 2. The second-order valence-electron chi connectivity index (χ2n) is 7.99. The van der Waals surface area contributed by atoms with E-state index in [0.29, 0.717) is 23.7 Å². The van der Waals surface area contributed by atoms with Crippen molar-refractivity contribution in [2.45, 2.75) is 33.1 Å². The smallest absolute Gasteiger partial charge is 0.336 e. The Balaban J connectivity index is 2.25. The van der Waals surface area contributed by atoms with Crippen LogP contribution in [0.2, 0.25) is 0 Å². The van der Waals surface area contributed by atoms with Gasteiger partial charge in [0.05, 0.1) is 45.0 Å². The number of aryl methyl sites for hydroxylation is 2. The van der Waals surface area contributed by atoms with Crippen LogP contribution in [0.15, 0.2) is 59.9 Å². The van der Waals surface area contributed by atoms with Crippen molar-refractivity contribution in [3.8, 4) is 11.5 Å². The Morgan fingerprint density at radius 1 is 0.912 bits per heavy atom. The molecule has 7 nitrogen and oxygen atoms in total. The van der Waals surface area contributed by atoms with Gasteiger partial charge in [0.1, 0.15) is 0 Å². The maximum Gasteiger partial charge on any atom is 0.336 e. The molecule has 180 valence electrons. The lowest BCUT2D eigenvalue weighted by molar-refractivity contribution is -0.137. The summed E-state index contributed by atoms with van der Waals surface area (Å²) in [7, 11) is 4.18. The lowest BCUT2D eigenvalue weighted by atomic mass is 9.82. The standard InChI is InChI=1S/C27H31NO6/c1-7-13-34-25-20(9-8-10-23(25)31-4)24-21(26(29)32-5)15-28(16-22(24)27(30)33-6)19-12-11-17(2)18(3)14-19/h8-12,14-16,24H,7,13H2,1-6H3. The molecule has 1 aliphatic rings. The first kappa shape index (κ1) is 24.9. The number of benzene rings is 2. The van der Waals surface area contributed by atoms with E-state index in [0.717, 1.165) is 23.2 Å². The van der Waals surface area contributed by atoms with Crippen LogP contribution in [0.3, 0.4) is 0 Å². The zero-order valence-corrected chi connectivity index (χ0v) is 20.5. The maximum atomic E-state index is 13.0. The molecule has 34 heavy (non-hydrogen) atoms. The van der Waals surface area contributed by atoms with Gasteiger partial charge in [-0.1, -0.05) is 25.1 Å². The van der Waals surface area contributed by atoms with Crippen molar-refractivity contribution in [3.63, 3.8) is 0 Å². The molecule has 0 unspecified atom stereocenters. The largest absolute Gasteiger partial charge is 0.493 e.